The number of rotatable bonds is 0. The molecule has 0 saturated carbocycles. The summed E-state index contributed by atoms with van der Waals surface area (Å²) in [5.41, 5.74) is 3.31. The molecule has 0 aromatic heterocycles. The molecule has 2 radical (unpaired) electrons. The molecule has 0 heterocycles. The topological polar surface area (TPSA) is 63.0 Å². The molecule has 0 amide bonds. The van der Waals surface area contributed by atoms with E-state index in [1.54, 1.807) is 0 Å². The highest BCUT2D eigenvalue weighted by Crippen LogP contribution is 1.97. The van der Waals surface area contributed by atoms with Crippen molar-refractivity contribution < 1.29 is 11.0 Å². The summed E-state index contributed by atoms with van der Waals surface area (Å²) >= 11 is 0. The molecule has 2 nitrogen and oxygen atoms in total. The van der Waals surface area contributed by atoms with Gasteiger partial charge in [-0.1, -0.05) is 34.8 Å². The Morgan fingerprint density at radius 2 is 1.27 bits per heavy atom. The summed E-state index contributed by atoms with van der Waals surface area (Å²) in [6.45, 7) is 4.09. The van der Waals surface area contributed by atoms with E-state index in [0.29, 0.717) is 0 Å². The van der Waals surface area contributed by atoms with Crippen LogP contribution in [0.5, 0.6) is 0 Å². The summed E-state index contributed by atoms with van der Waals surface area (Å²) in [4.78, 5) is 0. The van der Waals surface area contributed by atoms with Gasteiger partial charge < -0.3 is 11.0 Å². The molecule has 1 aromatic rings. The number of hydrogen-bond acceptors (Lipinski definition) is 0. The minimum absolute atomic E-state index is 0. The van der Waals surface area contributed by atoms with E-state index in [-0.39, 0.29) is 11.0 Å². The molecule has 0 bridgehead atoms. The van der Waals surface area contributed by atoms with Crippen LogP contribution in [0.1, 0.15) is 11.1 Å². The summed E-state index contributed by atoms with van der Waals surface area (Å²) < 4.78 is 0. The average Bonchev–Trinajstić information content (AvgIpc) is 1.59. The molecular weight excluding hydrogens is 139 g/mol. The maximum atomic E-state index is 5.56. The van der Waals surface area contributed by atoms with E-state index in [2.05, 4.69) is 6.07 Å². The minimum Gasteiger partial charge on any atom is -0.412 e. The van der Waals surface area contributed by atoms with Crippen LogP contribution in [0, 0.1) is 13.8 Å². The summed E-state index contributed by atoms with van der Waals surface area (Å²) in [6.07, 6.45) is 0. The Morgan fingerprint density at radius 1 is 0.909 bits per heavy atom. The van der Waals surface area contributed by atoms with Crippen molar-refractivity contribution in [3.05, 3.63) is 29.3 Å². The summed E-state index contributed by atoms with van der Waals surface area (Å²) in [5.74, 6) is 0. The zero-order chi connectivity index (χ0) is 6.85. The van der Waals surface area contributed by atoms with Gasteiger partial charge in [0.1, 0.15) is 7.85 Å². The van der Waals surface area contributed by atoms with Crippen molar-refractivity contribution in [2.45, 2.75) is 13.8 Å². The molecule has 60 valence electrons. The maximum Gasteiger partial charge on any atom is 0.113 e. The minimum atomic E-state index is 0. The molecule has 0 saturated heterocycles. The van der Waals surface area contributed by atoms with Crippen LogP contribution >= 0.6 is 0 Å². The predicted octanol–water partition coefficient (Wildman–Crippen LogP) is -0.552. The predicted molar refractivity (Wildman–Crippen MR) is 48.5 cm³/mol. The second-order valence-electron chi connectivity index (χ2n) is 2.42. The fourth-order valence-electron chi connectivity index (χ4n) is 1.01. The first-order valence-corrected chi connectivity index (χ1v) is 3.02. The van der Waals surface area contributed by atoms with E-state index in [4.69, 9.17) is 7.85 Å². The van der Waals surface area contributed by atoms with Crippen molar-refractivity contribution in [1.82, 2.24) is 0 Å². The van der Waals surface area contributed by atoms with E-state index in [9.17, 15) is 0 Å². The highest BCUT2D eigenvalue weighted by Gasteiger charge is 1.87. The first kappa shape index (κ1) is 12.8. The molecule has 0 aliphatic rings. The van der Waals surface area contributed by atoms with Gasteiger partial charge in [-0.15, -0.1) is 0 Å². The molecule has 0 aliphatic carbocycles. The standard InChI is InChI=1S/C8H9B.2H2O/c1-6-3-7(2)5-8(9)4-6;;/h3-5H,1-2H3;2*1H2. The Labute approximate surface area is 68.3 Å². The van der Waals surface area contributed by atoms with Crippen LogP contribution in [0.2, 0.25) is 0 Å². The third-order valence-electron chi connectivity index (χ3n) is 1.24. The SMILES string of the molecule is O.O.[B]c1cc(C)cc(C)c1. The van der Waals surface area contributed by atoms with Crippen molar-refractivity contribution in [3.63, 3.8) is 0 Å². The van der Waals surface area contributed by atoms with Gasteiger partial charge in [-0.25, -0.2) is 0 Å². The fourth-order valence-corrected chi connectivity index (χ4v) is 1.01. The van der Waals surface area contributed by atoms with Gasteiger partial charge in [0.15, 0.2) is 0 Å². The van der Waals surface area contributed by atoms with Crippen LogP contribution in [0.3, 0.4) is 0 Å². The van der Waals surface area contributed by atoms with Crippen LogP contribution in [-0.4, -0.2) is 18.8 Å². The Morgan fingerprint density at radius 3 is 1.55 bits per heavy atom. The number of hydrogen-bond donors (Lipinski definition) is 0. The molecule has 1 rings (SSSR count). The van der Waals surface area contributed by atoms with Gasteiger partial charge >= 0.3 is 0 Å². The van der Waals surface area contributed by atoms with E-state index in [1.165, 1.54) is 11.1 Å². The highest BCUT2D eigenvalue weighted by molar-refractivity contribution is 6.32. The van der Waals surface area contributed by atoms with Gasteiger partial charge in [-0.05, 0) is 13.8 Å². The summed E-state index contributed by atoms with van der Waals surface area (Å²) in [6, 6.07) is 6.04. The van der Waals surface area contributed by atoms with Crippen LogP contribution in [0.4, 0.5) is 0 Å². The van der Waals surface area contributed by atoms with Crippen molar-refractivity contribution in [2.24, 2.45) is 0 Å². The van der Waals surface area contributed by atoms with Gasteiger partial charge in [0, 0.05) is 0 Å². The Kier molecular flexibility index (Phi) is 5.76. The third kappa shape index (κ3) is 3.81. The molecule has 4 N–H and O–H groups in total. The third-order valence-corrected chi connectivity index (χ3v) is 1.24. The quantitative estimate of drug-likeness (QED) is 0.447. The fraction of sp³-hybridized carbons (Fsp3) is 0.250. The molecule has 1 aromatic carbocycles. The van der Waals surface area contributed by atoms with Crippen LogP contribution in [0.15, 0.2) is 18.2 Å². The van der Waals surface area contributed by atoms with Gasteiger partial charge in [-0.2, -0.15) is 0 Å². The van der Waals surface area contributed by atoms with Gasteiger partial charge in [0.05, 0.1) is 0 Å². The average molecular weight is 152 g/mol. The molecule has 11 heavy (non-hydrogen) atoms. The van der Waals surface area contributed by atoms with Gasteiger partial charge in [0.25, 0.3) is 0 Å². The zero-order valence-electron chi connectivity index (χ0n) is 6.81. The van der Waals surface area contributed by atoms with Gasteiger partial charge in [0.2, 0.25) is 0 Å². The van der Waals surface area contributed by atoms with E-state index < -0.39 is 0 Å². The largest absolute Gasteiger partial charge is 0.412 e. The smallest absolute Gasteiger partial charge is 0.113 e. The first-order chi connectivity index (χ1) is 4.18. The number of aryl methyl sites for hydroxylation is 2. The van der Waals surface area contributed by atoms with Crippen molar-refractivity contribution in [1.29, 1.82) is 0 Å². The van der Waals surface area contributed by atoms with Crippen molar-refractivity contribution in [2.75, 3.05) is 0 Å². The second kappa shape index (κ2) is 4.94. The number of benzene rings is 1. The molecule has 0 unspecified atom stereocenters. The van der Waals surface area contributed by atoms with Gasteiger partial charge in [-0.3, -0.25) is 0 Å². The molecule has 0 aliphatic heterocycles. The Hall–Kier alpha value is -0.795. The van der Waals surface area contributed by atoms with Crippen molar-refractivity contribution >= 4 is 13.3 Å². The van der Waals surface area contributed by atoms with E-state index >= 15 is 0 Å². The van der Waals surface area contributed by atoms with Crippen molar-refractivity contribution in [3.8, 4) is 0 Å². The summed E-state index contributed by atoms with van der Waals surface area (Å²) in [7, 11) is 5.56. The molecular formula is C8H13BO2. The Balaban J connectivity index is 0. The van der Waals surface area contributed by atoms with E-state index in [0.717, 1.165) is 5.46 Å². The van der Waals surface area contributed by atoms with E-state index in [1.807, 2.05) is 26.0 Å². The lowest BCUT2D eigenvalue weighted by Crippen LogP contribution is -2.02. The van der Waals surface area contributed by atoms with Crippen LogP contribution in [0.25, 0.3) is 0 Å². The molecule has 0 atom stereocenters. The molecule has 3 heteroatoms. The lowest BCUT2D eigenvalue weighted by atomic mass is 9.93. The normalized spacial score (nSPS) is 7.82. The lowest BCUT2D eigenvalue weighted by molar-refractivity contribution is 0.823. The Bertz CT molecular complexity index is 173. The first-order valence-electron chi connectivity index (χ1n) is 3.02. The highest BCUT2D eigenvalue weighted by atomic mass is 16.0. The second-order valence-corrected chi connectivity index (χ2v) is 2.42. The van der Waals surface area contributed by atoms with Crippen LogP contribution < -0.4 is 5.46 Å². The molecule has 0 spiro atoms. The monoisotopic (exact) mass is 152 g/mol. The maximum absolute atomic E-state index is 5.56. The molecule has 0 fully saturated rings. The zero-order valence-corrected chi connectivity index (χ0v) is 6.81. The lowest BCUT2D eigenvalue weighted by Gasteiger charge is -1.97. The van der Waals surface area contributed by atoms with Crippen LogP contribution in [-0.2, 0) is 0 Å². The summed E-state index contributed by atoms with van der Waals surface area (Å²) in [5, 5.41) is 0.